The molecule has 1 aromatic heterocycles. The molecule has 0 aliphatic carbocycles. The van der Waals surface area contributed by atoms with Gasteiger partial charge in [0, 0.05) is 18.0 Å². The molecule has 0 unspecified atom stereocenters. The van der Waals surface area contributed by atoms with Crippen molar-refractivity contribution in [2.75, 3.05) is 11.9 Å². The first kappa shape index (κ1) is 16.1. The molecule has 3 rings (SSSR count). The number of aromatic hydroxyl groups is 1. The van der Waals surface area contributed by atoms with E-state index in [9.17, 15) is 9.50 Å². The fourth-order valence-corrected chi connectivity index (χ4v) is 2.39. The third kappa shape index (κ3) is 3.28. The van der Waals surface area contributed by atoms with E-state index in [1.54, 1.807) is 0 Å². The summed E-state index contributed by atoms with van der Waals surface area (Å²) in [5, 5.41) is 14.1. The molecule has 4 N–H and O–H groups in total. The Kier molecular flexibility index (Phi) is 4.57. The van der Waals surface area contributed by atoms with Gasteiger partial charge in [-0.05, 0) is 36.8 Å². The third-order valence-electron chi connectivity index (χ3n) is 3.86. The van der Waals surface area contributed by atoms with Gasteiger partial charge in [0.2, 0.25) is 0 Å². The van der Waals surface area contributed by atoms with Gasteiger partial charge < -0.3 is 16.2 Å². The number of hydrogen-bond acceptors (Lipinski definition) is 5. The Morgan fingerprint density at radius 3 is 2.79 bits per heavy atom. The first-order chi connectivity index (χ1) is 11.6. The topological polar surface area (TPSA) is 84.1 Å². The van der Waals surface area contributed by atoms with E-state index in [0.29, 0.717) is 17.9 Å². The molecule has 24 heavy (non-hydrogen) atoms. The Hall–Kier alpha value is -2.73. The zero-order chi connectivity index (χ0) is 17.1. The lowest BCUT2D eigenvalue weighted by atomic mass is 10.1. The van der Waals surface area contributed by atoms with Crippen LogP contribution in [0.3, 0.4) is 0 Å². The molecule has 0 saturated heterocycles. The second kappa shape index (κ2) is 6.80. The number of nitrogens with zero attached hydrogens (tertiary/aromatic N) is 2. The Morgan fingerprint density at radius 1 is 1.21 bits per heavy atom. The molecule has 124 valence electrons. The standard InChI is InChI=1S/C18H19FN4O/c1-2-12(20)10-21-17-13-5-3-4-6-15(13)22-18(23-17)14-9-11(19)7-8-16(14)24/h3-9,12,24H,2,10,20H2,1H3,(H,21,22,23)/t12-/m0/s1. The predicted molar refractivity (Wildman–Crippen MR) is 93.4 cm³/mol. The second-order valence-corrected chi connectivity index (χ2v) is 5.62. The lowest BCUT2D eigenvalue weighted by molar-refractivity contribution is 0.475. The summed E-state index contributed by atoms with van der Waals surface area (Å²) in [6.45, 7) is 2.58. The van der Waals surface area contributed by atoms with Gasteiger partial charge in [-0.25, -0.2) is 14.4 Å². The van der Waals surface area contributed by atoms with Crippen LogP contribution in [0, 0.1) is 5.82 Å². The smallest absolute Gasteiger partial charge is 0.165 e. The van der Waals surface area contributed by atoms with E-state index < -0.39 is 5.82 Å². The van der Waals surface area contributed by atoms with Gasteiger partial charge in [0.05, 0.1) is 11.1 Å². The minimum absolute atomic E-state index is 0.00440. The van der Waals surface area contributed by atoms with Gasteiger partial charge in [-0.1, -0.05) is 19.1 Å². The summed E-state index contributed by atoms with van der Waals surface area (Å²) in [6.07, 6.45) is 0.841. The van der Waals surface area contributed by atoms with Crippen molar-refractivity contribution in [2.24, 2.45) is 5.73 Å². The molecule has 3 aromatic rings. The van der Waals surface area contributed by atoms with E-state index in [-0.39, 0.29) is 23.2 Å². The average molecular weight is 326 g/mol. The van der Waals surface area contributed by atoms with Gasteiger partial charge in [-0.3, -0.25) is 0 Å². The highest BCUT2D eigenvalue weighted by atomic mass is 19.1. The van der Waals surface area contributed by atoms with Crippen molar-refractivity contribution in [3.63, 3.8) is 0 Å². The molecule has 0 amide bonds. The Labute approximate surface area is 139 Å². The zero-order valence-corrected chi connectivity index (χ0v) is 13.3. The number of para-hydroxylation sites is 1. The van der Waals surface area contributed by atoms with Crippen molar-refractivity contribution >= 4 is 16.7 Å². The summed E-state index contributed by atoms with van der Waals surface area (Å²) in [5.41, 5.74) is 6.92. The van der Waals surface area contributed by atoms with Crippen LogP contribution in [0.4, 0.5) is 10.2 Å². The monoisotopic (exact) mass is 326 g/mol. The molecular weight excluding hydrogens is 307 g/mol. The molecule has 0 aliphatic rings. The number of halogens is 1. The van der Waals surface area contributed by atoms with Crippen LogP contribution in [-0.2, 0) is 0 Å². The van der Waals surface area contributed by atoms with Crippen molar-refractivity contribution in [2.45, 2.75) is 19.4 Å². The average Bonchev–Trinajstić information content (AvgIpc) is 2.61. The van der Waals surface area contributed by atoms with E-state index >= 15 is 0 Å². The zero-order valence-electron chi connectivity index (χ0n) is 13.3. The summed E-state index contributed by atoms with van der Waals surface area (Å²) >= 11 is 0. The summed E-state index contributed by atoms with van der Waals surface area (Å²) in [6, 6.07) is 11.2. The summed E-state index contributed by atoms with van der Waals surface area (Å²) in [7, 11) is 0. The van der Waals surface area contributed by atoms with Gasteiger partial charge in [0.25, 0.3) is 0 Å². The van der Waals surface area contributed by atoms with E-state index in [4.69, 9.17) is 5.73 Å². The number of nitrogens with two attached hydrogens (primary N) is 1. The highest BCUT2D eigenvalue weighted by molar-refractivity contribution is 5.90. The van der Waals surface area contributed by atoms with Crippen LogP contribution in [0.25, 0.3) is 22.3 Å². The molecule has 6 heteroatoms. The van der Waals surface area contributed by atoms with Crippen LogP contribution in [0.1, 0.15) is 13.3 Å². The van der Waals surface area contributed by atoms with E-state index in [1.807, 2.05) is 31.2 Å². The normalized spacial score (nSPS) is 12.3. The van der Waals surface area contributed by atoms with E-state index in [2.05, 4.69) is 15.3 Å². The lowest BCUT2D eigenvalue weighted by Crippen LogP contribution is -2.28. The van der Waals surface area contributed by atoms with Crippen molar-refractivity contribution in [1.82, 2.24) is 9.97 Å². The van der Waals surface area contributed by atoms with Crippen LogP contribution >= 0.6 is 0 Å². The van der Waals surface area contributed by atoms with Gasteiger partial charge >= 0.3 is 0 Å². The molecule has 1 atom stereocenters. The summed E-state index contributed by atoms with van der Waals surface area (Å²) in [4.78, 5) is 8.92. The molecule has 0 spiro atoms. The SMILES string of the molecule is CC[C@H](N)CNc1nc(-c2cc(F)ccc2O)nc2ccccc12. The Morgan fingerprint density at radius 2 is 2.00 bits per heavy atom. The molecule has 1 heterocycles. The van der Waals surface area contributed by atoms with Crippen LogP contribution in [-0.4, -0.2) is 27.7 Å². The fourth-order valence-electron chi connectivity index (χ4n) is 2.39. The first-order valence-corrected chi connectivity index (χ1v) is 7.83. The molecule has 0 fully saturated rings. The molecule has 2 aromatic carbocycles. The molecule has 5 nitrogen and oxygen atoms in total. The van der Waals surface area contributed by atoms with Gasteiger partial charge in [0.15, 0.2) is 5.82 Å². The van der Waals surface area contributed by atoms with Crippen LogP contribution in [0.2, 0.25) is 0 Å². The number of hydrogen-bond donors (Lipinski definition) is 3. The number of phenolic OH excluding ortho intramolecular Hbond substituents is 1. The minimum atomic E-state index is -0.456. The third-order valence-corrected chi connectivity index (χ3v) is 3.86. The minimum Gasteiger partial charge on any atom is -0.507 e. The first-order valence-electron chi connectivity index (χ1n) is 7.83. The maximum Gasteiger partial charge on any atom is 0.165 e. The molecular formula is C18H19FN4O. The van der Waals surface area contributed by atoms with Crippen molar-refractivity contribution < 1.29 is 9.50 Å². The van der Waals surface area contributed by atoms with E-state index in [1.165, 1.54) is 18.2 Å². The number of anilines is 1. The molecule has 0 aliphatic heterocycles. The number of phenols is 1. The fraction of sp³-hybridized carbons (Fsp3) is 0.222. The Bertz CT molecular complexity index is 869. The van der Waals surface area contributed by atoms with Crippen molar-refractivity contribution in [3.8, 4) is 17.1 Å². The maximum atomic E-state index is 13.5. The van der Waals surface area contributed by atoms with E-state index in [0.717, 1.165) is 11.8 Å². The molecule has 0 saturated carbocycles. The summed E-state index contributed by atoms with van der Waals surface area (Å²) in [5.74, 6) is 0.353. The van der Waals surface area contributed by atoms with Gasteiger partial charge in [-0.15, -0.1) is 0 Å². The highest BCUT2D eigenvalue weighted by Crippen LogP contribution is 2.30. The van der Waals surface area contributed by atoms with Crippen molar-refractivity contribution in [3.05, 3.63) is 48.3 Å². The molecule has 0 radical (unpaired) electrons. The second-order valence-electron chi connectivity index (χ2n) is 5.62. The van der Waals surface area contributed by atoms with Gasteiger partial charge in [-0.2, -0.15) is 0 Å². The van der Waals surface area contributed by atoms with Crippen molar-refractivity contribution in [1.29, 1.82) is 0 Å². The predicted octanol–water partition coefficient (Wildman–Crippen LogP) is 3.29. The highest BCUT2D eigenvalue weighted by Gasteiger charge is 2.13. The number of rotatable bonds is 5. The van der Waals surface area contributed by atoms with Gasteiger partial charge in [0.1, 0.15) is 17.4 Å². The number of aromatic nitrogens is 2. The summed E-state index contributed by atoms with van der Waals surface area (Å²) < 4.78 is 13.5. The maximum absolute atomic E-state index is 13.5. The number of nitrogens with one attached hydrogen (secondary N) is 1. The lowest BCUT2D eigenvalue weighted by Gasteiger charge is -2.14. The largest absolute Gasteiger partial charge is 0.507 e. The van der Waals surface area contributed by atoms with Crippen LogP contribution in [0.5, 0.6) is 5.75 Å². The molecule has 0 bridgehead atoms. The van der Waals surface area contributed by atoms with Crippen LogP contribution < -0.4 is 11.1 Å². The quantitative estimate of drug-likeness (QED) is 0.670. The number of fused-ring (bicyclic) bond motifs is 1. The Balaban J connectivity index is 2.11. The number of benzene rings is 2. The van der Waals surface area contributed by atoms with Crippen LogP contribution in [0.15, 0.2) is 42.5 Å².